The minimum atomic E-state index is -0.501. The molecule has 0 aliphatic carbocycles. The Balaban J connectivity index is 2.26. The summed E-state index contributed by atoms with van der Waals surface area (Å²) in [6, 6.07) is 0. The first-order chi connectivity index (χ1) is 5.65. The number of primary amides is 1. The summed E-state index contributed by atoms with van der Waals surface area (Å²) in [6.45, 7) is 1.52. The van der Waals surface area contributed by atoms with Crippen molar-refractivity contribution in [2.24, 2.45) is 5.73 Å². The van der Waals surface area contributed by atoms with Crippen LogP contribution in [0.4, 0.5) is 0 Å². The molecule has 3 N–H and O–H groups in total. The van der Waals surface area contributed by atoms with Gasteiger partial charge in [-0.2, -0.15) is 0 Å². The van der Waals surface area contributed by atoms with E-state index in [0.29, 0.717) is 13.0 Å². The highest BCUT2D eigenvalue weighted by Gasteiger charge is 2.52. The molecule has 2 aliphatic heterocycles. The van der Waals surface area contributed by atoms with Gasteiger partial charge in [0.2, 0.25) is 5.91 Å². The quantitative estimate of drug-likeness (QED) is 0.534. The van der Waals surface area contributed by atoms with Crippen LogP contribution >= 0.6 is 0 Å². The maximum absolute atomic E-state index is 11.2. The predicted molar refractivity (Wildman–Crippen MR) is 43.4 cm³/mol. The van der Waals surface area contributed by atoms with Crippen LogP contribution in [0, 0.1) is 0 Å². The van der Waals surface area contributed by atoms with Gasteiger partial charge in [0, 0.05) is 13.0 Å². The zero-order chi connectivity index (χ0) is 8.77. The van der Waals surface area contributed by atoms with Crippen molar-refractivity contribution in [2.45, 2.75) is 30.9 Å². The number of nitrogens with two attached hydrogens (primary N) is 1. The van der Waals surface area contributed by atoms with Crippen molar-refractivity contribution in [3.8, 4) is 0 Å². The third kappa shape index (κ3) is 0.881. The first-order valence-electron chi connectivity index (χ1n) is 4.38. The Kier molecular flexibility index (Phi) is 1.63. The lowest BCUT2D eigenvalue weighted by Crippen LogP contribution is -2.49. The number of nitrogens with zero attached hydrogens (tertiary/aromatic N) is 1. The zero-order valence-electron chi connectivity index (χ0n) is 6.99. The molecule has 4 nitrogen and oxygen atoms in total. The van der Waals surface area contributed by atoms with Crippen molar-refractivity contribution >= 4 is 5.91 Å². The molecule has 2 heterocycles. The molecule has 2 aliphatic rings. The first kappa shape index (κ1) is 8.01. The minimum absolute atomic E-state index is 0.267. The van der Waals surface area contributed by atoms with E-state index in [0.717, 1.165) is 19.4 Å². The minimum Gasteiger partial charge on any atom is -0.392 e. The van der Waals surface area contributed by atoms with Gasteiger partial charge in [0.25, 0.3) is 0 Å². The fraction of sp³-hybridized carbons (Fsp3) is 0.875. The summed E-state index contributed by atoms with van der Waals surface area (Å²) < 4.78 is 0. The lowest BCUT2D eigenvalue weighted by atomic mass is 9.93. The molecule has 0 aromatic rings. The molecule has 2 rings (SSSR count). The van der Waals surface area contributed by atoms with Crippen molar-refractivity contribution in [1.29, 1.82) is 0 Å². The highest BCUT2D eigenvalue weighted by atomic mass is 16.3. The summed E-state index contributed by atoms with van der Waals surface area (Å²) >= 11 is 0. The van der Waals surface area contributed by atoms with Crippen LogP contribution in [0.2, 0.25) is 0 Å². The summed E-state index contributed by atoms with van der Waals surface area (Å²) in [7, 11) is 0. The Labute approximate surface area is 71.3 Å². The van der Waals surface area contributed by atoms with Gasteiger partial charge in [-0.1, -0.05) is 0 Å². The summed E-state index contributed by atoms with van der Waals surface area (Å²) in [6.07, 6.45) is 2.01. The molecule has 0 aromatic heterocycles. The molecular weight excluding hydrogens is 156 g/mol. The Hall–Kier alpha value is -0.610. The number of β-amino-alcohol motifs (C(OH)–C–C–N with tert-alkyl or cyclic N) is 1. The third-order valence-electron chi connectivity index (χ3n) is 3.09. The van der Waals surface area contributed by atoms with Gasteiger partial charge >= 0.3 is 0 Å². The lowest BCUT2D eigenvalue weighted by molar-refractivity contribution is -0.127. The maximum atomic E-state index is 11.2. The molecular formula is C8H14N2O2. The number of aliphatic hydroxyl groups excluding tert-OH is 1. The number of aliphatic hydroxyl groups is 1. The van der Waals surface area contributed by atoms with Gasteiger partial charge in [-0.25, -0.2) is 0 Å². The predicted octanol–water partition coefficient (Wildman–Crippen LogP) is -0.929. The second-order valence-electron chi connectivity index (χ2n) is 3.80. The summed E-state index contributed by atoms with van der Waals surface area (Å²) in [4.78, 5) is 13.2. The van der Waals surface area contributed by atoms with E-state index < -0.39 is 5.54 Å². The molecule has 0 spiro atoms. The normalized spacial score (nSPS) is 41.6. The number of amides is 1. The van der Waals surface area contributed by atoms with Crippen molar-refractivity contribution in [1.82, 2.24) is 4.90 Å². The average Bonchev–Trinajstić information content (AvgIpc) is 2.42. The Morgan fingerprint density at radius 2 is 2.42 bits per heavy atom. The number of hydrogen-bond donors (Lipinski definition) is 2. The molecule has 68 valence electrons. The van der Waals surface area contributed by atoms with Gasteiger partial charge in [0.15, 0.2) is 0 Å². The maximum Gasteiger partial charge on any atom is 0.238 e. The molecule has 2 atom stereocenters. The van der Waals surface area contributed by atoms with E-state index in [1.54, 1.807) is 0 Å². The monoisotopic (exact) mass is 170 g/mol. The van der Waals surface area contributed by atoms with Crippen LogP contribution in [-0.4, -0.2) is 40.6 Å². The summed E-state index contributed by atoms with van der Waals surface area (Å²) in [5.74, 6) is -0.267. The molecule has 12 heavy (non-hydrogen) atoms. The van der Waals surface area contributed by atoms with Crippen molar-refractivity contribution < 1.29 is 9.90 Å². The Morgan fingerprint density at radius 3 is 3.00 bits per heavy atom. The van der Waals surface area contributed by atoms with E-state index in [1.807, 2.05) is 4.90 Å². The van der Waals surface area contributed by atoms with E-state index in [9.17, 15) is 9.90 Å². The molecule has 2 fully saturated rings. The van der Waals surface area contributed by atoms with Crippen LogP contribution in [0.5, 0.6) is 0 Å². The molecule has 0 saturated carbocycles. The molecule has 1 amide bonds. The van der Waals surface area contributed by atoms with Gasteiger partial charge < -0.3 is 10.8 Å². The van der Waals surface area contributed by atoms with Crippen LogP contribution < -0.4 is 5.73 Å². The second kappa shape index (κ2) is 2.44. The van der Waals surface area contributed by atoms with Crippen LogP contribution in [0.1, 0.15) is 19.3 Å². The Morgan fingerprint density at radius 1 is 1.67 bits per heavy atom. The van der Waals surface area contributed by atoms with Gasteiger partial charge in [0.1, 0.15) is 5.54 Å². The highest BCUT2D eigenvalue weighted by molar-refractivity contribution is 5.85. The van der Waals surface area contributed by atoms with Gasteiger partial charge in [0.05, 0.1) is 6.10 Å². The van der Waals surface area contributed by atoms with Crippen molar-refractivity contribution in [2.75, 3.05) is 13.1 Å². The molecule has 0 bridgehead atoms. The number of rotatable bonds is 1. The van der Waals surface area contributed by atoms with E-state index >= 15 is 0 Å². The van der Waals surface area contributed by atoms with Gasteiger partial charge in [-0.05, 0) is 19.4 Å². The number of carbonyl (C=O) groups is 1. The van der Waals surface area contributed by atoms with Crippen LogP contribution in [0.3, 0.4) is 0 Å². The lowest BCUT2D eigenvalue weighted by Gasteiger charge is -2.27. The summed E-state index contributed by atoms with van der Waals surface area (Å²) in [5, 5.41) is 9.40. The van der Waals surface area contributed by atoms with Crippen LogP contribution in [0.15, 0.2) is 0 Å². The van der Waals surface area contributed by atoms with Crippen molar-refractivity contribution in [3.63, 3.8) is 0 Å². The smallest absolute Gasteiger partial charge is 0.238 e. The zero-order valence-corrected chi connectivity index (χ0v) is 6.99. The van der Waals surface area contributed by atoms with E-state index in [1.165, 1.54) is 0 Å². The fourth-order valence-electron chi connectivity index (χ4n) is 2.52. The largest absolute Gasteiger partial charge is 0.392 e. The summed E-state index contributed by atoms with van der Waals surface area (Å²) in [5.41, 5.74) is 4.84. The molecule has 0 aromatic carbocycles. The number of carbonyl (C=O) groups excluding carboxylic acids is 1. The van der Waals surface area contributed by atoms with Gasteiger partial charge in [-0.15, -0.1) is 0 Å². The fourth-order valence-corrected chi connectivity index (χ4v) is 2.52. The van der Waals surface area contributed by atoms with Crippen LogP contribution in [0.25, 0.3) is 0 Å². The van der Waals surface area contributed by atoms with Crippen molar-refractivity contribution in [3.05, 3.63) is 0 Å². The third-order valence-corrected chi connectivity index (χ3v) is 3.09. The molecule has 0 radical (unpaired) electrons. The molecule has 2 saturated heterocycles. The number of fused-ring (bicyclic) bond motifs is 1. The van der Waals surface area contributed by atoms with E-state index in [4.69, 9.17) is 5.73 Å². The molecule has 4 heteroatoms. The first-order valence-corrected chi connectivity index (χ1v) is 4.38. The van der Waals surface area contributed by atoms with Crippen LogP contribution in [-0.2, 0) is 4.79 Å². The Bertz CT molecular complexity index is 219. The van der Waals surface area contributed by atoms with E-state index in [2.05, 4.69) is 0 Å². The van der Waals surface area contributed by atoms with E-state index in [-0.39, 0.29) is 12.0 Å². The number of hydrogen-bond acceptors (Lipinski definition) is 3. The molecule has 0 unspecified atom stereocenters. The second-order valence-corrected chi connectivity index (χ2v) is 3.80. The average molecular weight is 170 g/mol. The standard InChI is InChI=1S/C8H14N2O2/c9-7(12)8-2-1-3-10(8)5-6(11)4-8/h6,11H,1-5H2,(H2,9,12)/t6-,8+/m1/s1. The SMILES string of the molecule is NC(=O)[C@@]12CCCN1C[C@H](O)C2. The topological polar surface area (TPSA) is 66.6 Å². The van der Waals surface area contributed by atoms with Gasteiger partial charge in [-0.3, -0.25) is 9.69 Å². The highest BCUT2D eigenvalue weighted by Crippen LogP contribution is 2.38.